The maximum Gasteiger partial charge on any atom is 0.0595 e. The normalized spacial score (nSPS) is 28.9. The zero-order chi connectivity index (χ0) is 12.8. The van der Waals surface area contributed by atoms with Crippen LogP contribution < -0.4 is 0 Å². The number of fused-ring (bicyclic) bond motifs is 1. The van der Waals surface area contributed by atoms with Crippen molar-refractivity contribution in [2.75, 3.05) is 19.6 Å². The van der Waals surface area contributed by atoms with Gasteiger partial charge in [0.2, 0.25) is 0 Å². The van der Waals surface area contributed by atoms with Crippen LogP contribution >= 0.6 is 35.6 Å². The molecule has 0 radical (unpaired) electrons. The van der Waals surface area contributed by atoms with Crippen LogP contribution in [0.15, 0.2) is 18.2 Å². The highest BCUT2D eigenvalue weighted by Gasteiger charge is 2.60. The predicted octanol–water partition coefficient (Wildman–Crippen LogP) is 4.79. The average molecular weight is 321 g/mol. The summed E-state index contributed by atoms with van der Waals surface area (Å²) in [6.45, 7) is 5.97. The van der Waals surface area contributed by atoms with Gasteiger partial charge in [0.1, 0.15) is 0 Å². The van der Waals surface area contributed by atoms with E-state index in [1.54, 1.807) is 0 Å². The van der Waals surface area contributed by atoms with Crippen LogP contribution in [0, 0.1) is 5.92 Å². The van der Waals surface area contributed by atoms with E-state index < -0.39 is 0 Å². The summed E-state index contributed by atoms with van der Waals surface area (Å²) in [5, 5.41) is 1.36. The second-order valence-corrected chi connectivity index (χ2v) is 6.59. The molecule has 2 aliphatic rings. The van der Waals surface area contributed by atoms with Crippen LogP contribution in [0.5, 0.6) is 0 Å². The second-order valence-electron chi connectivity index (χ2n) is 5.77. The highest BCUT2D eigenvalue weighted by atomic mass is 35.5. The Morgan fingerprint density at radius 1 is 1.32 bits per heavy atom. The molecule has 106 valence electrons. The van der Waals surface area contributed by atoms with E-state index in [0.29, 0.717) is 15.5 Å². The number of halogens is 3. The summed E-state index contributed by atoms with van der Waals surface area (Å²) in [6, 6.07) is 6.18. The first-order valence-electron chi connectivity index (χ1n) is 6.83. The third kappa shape index (κ3) is 2.76. The van der Waals surface area contributed by atoms with E-state index in [0.717, 1.165) is 5.92 Å². The van der Waals surface area contributed by atoms with Crippen molar-refractivity contribution in [3.05, 3.63) is 33.8 Å². The van der Waals surface area contributed by atoms with E-state index in [1.807, 2.05) is 6.07 Å². The van der Waals surface area contributed by atoms with Crippen molar-refractivity contribution in [2.45, 2.75) is 31.6 Å². The number of nitrogens with zero attached hydrogens (tertiary/aromatic N) is 1. The minimum absolute atomic E-state index is 0. The zero-order valence-electron chi connectivity index (χ0n) is 11.2. The molecule has 1 aliphatic carbocycles. The lowest BCUT2D eigenvalue weighted by Gasteiger charge is -2.21. The topological polar surface area (TPSA) is 3.24 Å². The van der Waals surface area contributed by atoms with Crippen molar-refractivity contribution in [3.8, 4) is 0 Å². The van der Waals surface area contributed by atoms with Crippen LogP contribution in [0.3, 0.4) is 0 Å². The molecule has 0 N–H and O–H groups in total. The van der Waals surface area contributed by atoms with Crippen molar-refractivity contribution in [2.24, 2.45) is 5.92 Å². The van der Waals surface area contributed by atoms with Crippen LogP contribution in [-0.4, -0.2) is 24.5 Å². The van der Waals surface area contributed by atoms with Crippen molar-refractivity contribution >= 4 is 35.6 Å². The number of hydrogen-bond acceptors (Lipinski definition) is 1. The summed E-state index contributed by atoms with van der Waals surface area (Å²) in [7, 11) is 0. The molecule has 0 bridgehead atoms. The van der Waals surface area contributed by atoms with Crippen LogP contribution in [-0.2, 0) is 5.41 Å². The summed E-state index contributed by atoms with van der Waals surface area (Å²) < 4.78 is 0. The summed E-state index contributed by atoms with van der Waals surface area (Å²) in [4.78, 5) is 2.61. The molecule has 3 rings (SSSR count). The van der Waals surface area contributed by atoms with E-state index in [2.05, 4.69) is 24.0 Å². The van der Waals surface area contributed by atoms with E-state index in [1.165, 1.54) is 44.5 Å². The van der Waals surface area contributed by atoms with Crippen LogP contribution in [0.25, 0.3) is 0 Å². The van der Waals surface area contributed by atoms with Crippen LogP contribution in [0.2, 0.25) is 10.0 Å². The van der Waals surface area contributed by atoms with E-state index in [-0.39, 0.29) is 12.4 Å². The van der Waals surface area contributed by atoms with Gasteiger partial charge >= 0.3 is 0 Å². The molecular formula is C15H20Cl3N. The molecule has 1 aromatic carbocycles. The van der Waals surface area contributed by atoms with E-state index in [4.69, 9.17) is 23.2 Å². The molecule has 19 heavy (non-hydrogen) atoms. The maximum absolute atomic E-state index is 6.15. The molecule has 1 heterocycles. The summed E-state index contributed by atoms with van der Waals surface area (Å²) in [5.74, 6) is 0.839. The highest BCUT2D eigenvalue weighted by Crippen LogP contribution is 2.59. The molecule has 2 fully saturated rings. The molecule has 0 unspecified atom stereocenters. The first-order valence-corrected chi connectivity index (χ1v) is 7.59. The number of unbranched alkanes of at least 4 members (excludes halogenated alkanes) is 1. The van der Waals surface area contributed by atoms with Crippen molar-refractivity contribution in [1.29, 1.82) is 0 Å². The van der Waals surface area contributed by atoms with Gasteiger partial charge in [0, 0.05) is 18.5 Å². The molecule has 0 spiro atoms. The molecule has 4 heteroatoms. The minimum Gasteiger partial charge on any atom is -0.302 e. The van der Waals surface area contributed by atoms with Crippen LogP contribution in [0.4, 0.5) is 0 Å². The standard InChI is InChI=1S/C15H19Cl2N.ClH/c1-2-3-6-18-9-12-8-15(12,10-18)11-4-5-13(16)14(17)7-11;/h4-5,7,12H,2-3,6,8-10H2,1H3;1H/t12-,15-;/m1./s1. The first-order chi connectivity index (χ1) is 8.65. The van der Waals surface area contributed by atoms with Gasteiger partial charge in [0.05, 0.1) is 10.0 Å². The number of piperidine rings is 1. The molecule has 1 saturated heterocycles. The Morgan fingerprint density at radius 2 is 2.11 bits per heavy atom. The zero-order valence-corrected chi connectivity index (χ0v) is 13.5. The fourth-order valence-electron chi connectivity index (χ4n) is 3.39. The molecular weight excluding hydrogens is 301 g/mol. The largest absolute Gasteiger partial charge is 0.302 e. The van der Waals surface area contributed by atoms with Gasteiger partial charge in [-0.25, -0.2) is 0 Å². The van der Waals surface area contributed by atoms with Gasteiger partial charge < -0.3 is 4.90 Å². The van der Waals surface area contributed by atoms with Gasteiger partial charge in [0.25, 0.3) is 0 Å². The third-order valence-electron chi connectivity index (χ3n) is 4.54. The maximum atomic E-state index is 6.15. The third-order valence-corrected chi connectivity index (χ3v) is 5.28. The molecule has 0 aromatic heterocycles. The average Bonchev–Trinajstić information content (AvgIpc) is 2.93. The van der Waals surface area contributed by atoms with Gasteiger partial charge in [-0.2, -0.15) is 0 Å². The van der Waals surface area contributed by atoms with Crippen molar-refractivity contribution in [3.63, 3.8) is 0 Å². The van der Waals surface area contributed by atoms with E-state index in [9.17, 15) is 0 Å². The monoisotopic (exact) mass is 319 g/mol. The number of rotatable bonds is 4. The SMILES string of the molecule is CCCCN1C[C@H]2C[C@]2(c2ccc(Cl)c(Cl)c2)C1.Cl. The van der Waals surface area contributed by atoms with Gasteiger partial charge in [-0.15, -0.1) is 12.4 Å². The number of benzene rings is 1. The lowest BCUT2D eigenvalue weighted by Crippen LogP contribution is -2.27. The molecule has 1 aliphatic heterocycles. The van der Waals surface area contributed by atoms with Gasteiger partial charge in [0.15, 0.2) is 0 Å². The Kier molecular flexibility index (Phi) is 4.72. The van der Waals surface area contributed by atoms with E-state index >= 15 is 0 Å². The first kappa shape index (κ1) is 15.4. The molecule has 1 nitrogen and oxygen atoms in total. The second kappa shape index (κ2) is 5.81. The van der Waals surface area contributed by atoms with Gasteiger partial charge in [-0.1, -0.05) is 42.6 Å². The minimum atomic E-state index is 0. The molecule has 1 aromatic rings. The van der Waals surface area contributed by atoms with Gasteiger partial charge in [-0.05, 0) is 43.0 Å². The summed E-state index contributed by atoms with van der Waals surface area (Å²) >= 11 is 12.1. The summed E-state index contributed by atoms with van der Waals surface area (Å²) in [5.41, 5.74) is 1.78. The predicted molar refractivity (Wildman–Crippen MR) is 84.8 cm³/mol. The lowest BCUT2D eigenvalue weighted by molar-refractivity contribution is 0.293. The molecule has 2 atom stereocenters. The smallest absolute Gasteiger partial charge is 0.0595 e. The Morgan fingerprint density at radius 3 is 2.79 bits per heavy atom. The molecule has 1 saturated carbocycles. The highest BCUT2D eigenvalue weighted by molar-refractivity contribution is 6.42. The number of hydrogen-bond donors (Lipinski definition) is 0. The Hall–Kier alpha value is 0.0500. The quantitative estimate of drug-likeness (QED) is 0.771. The number of likely N-dealkylation sites (tertiary alicyclic amines) is 1. The summed E-state index contributed by atoms with van der Waals surface area (Å²) in [6.07, 6.45) is 3.92. The Labute approximate surface area is 131 Å². The van der Waals surface area contributed by atoms with Crippen LogP contribution in [0.1, 0.15) is 31.7 Å². The fraction of sp³-hybridized carbons (Fsp3) is 0.600. The lowest BCUT2D eigenvalue weighted by atomic mass is 9.95. The van der Waals surface area contributed by atoms with Crippen molar-refractivity contribution in [1.82, 2.24) is 4.90 Å². The van der Waals surface area contributed by atoms with Crippen molar-refractivity contribution < 1.29 is 0 Å². The molecule has 0 amide bonds. The fourth-order valence-corrected chi connectivity index (χ4v) is 3.69. The van der Waals surface area contributed by atoms with Gasteiger partial charge in [-0.3, -0.25) is 0 Å². The Bertz CT molecular complexity index is 463. The Balaban J connectivity index is 0.00000133.